The van der Waals surface area contributed by atoms with E-state index in [1.807, 2.05) is 53.2 Å². The molecule has 2 aliphatic rings. The molecule has 1 aliphatic carbocycles. The molecule has 1 amide bonds. The van der Waals surface area contributed by atoms with Crippen LogP contribution < -0.4 is 14.8 Å². The first-order valence-electron chi connectivity index (χ1n) is 12.2. The molecule has 1 fully saturated rings. The SMILES string of the molecule is COc1ccc(C(CNC(=O)c2nn(-c3ccccc3)c3c2CCC3)N2CCOCC2)cc1OC. The van der Waals surface area contributed by atoms with Crippen LogP contribution >= 0.6 is 0 Å². The maximum Gasteiger partial charge on any atom is 0.272 e. The fourth-order valence-electron chi connectivity index (χ4n) is 5.08. The minimum absolute atomic E-state index is 0.0214. The Morgan fingerprint density at radius 1 is 1.06 bits per heavy atom. The van der Waals surface area contributed by atoms with E-state index < -0.39 is 0 Å². The number of amides is 1. The van der Waals surface area contributed by atoms with E-state index in [0.29, 0.717) is 37.0 Å². The lowest BCUT2D eigenvalue weighted by Crippen LogP contribution is -2.44. The molecule has 1 N–H and O–H groups in total. The van der Waals surface area contributed by atoms with Crippen LogP contribution in [0.3, 0.4) is 0 Å². The van der Waals surface area contributed by atoms with Gasteiger partial charge in [0.25, 0.3) is 5.91 Å². The highest BCUT2D eigenvalue weighted by atomic mass is 16.5. The van der Waals surface area contributed by atoms with E-state index in [2.05, 4.69) is 10.2 Å². The molecule has 1 aromatic heterocycles. The van der Waals surface area contributed by atoms with E-state index in [-0.39, 0.29) is 11.9 Å². The average Bonchev–Trinajstić information content (AvgIpc) is 3.53. The number of aromatic nitrogens is 2. The molecule has 1 unspecified atom stereocenters. The van der Waals surface area contributed by atoms with E-state index in [1.165, 1.54) is 0 Å². The Kier molecular flexibility index (Phi) is 7.01. The van der Waals surface area contributed by atoms with Crippen molar-refractivity contribution in [2.75, 3.05) is 47.1 Å². The van der Waals surface area contributed by atoms with Gasteiger partial charge in [0.15, 0.2) is 17.2 Å². The summed E-state index contributed by atoms with van der Waals surface area (Å²) in [5, 5.41) is 7.94. The molecule has 0 saturated carbocycles. The molecule has 3 aromatic rings. The molecule has 0 spiro atoms. The highest BCUT2D eigenvalue weighted by molar-refractivity contribution is 5.94. The fourth-order valence-corrected chi connectivity index (χ4v) is 5.08. The summed E-state index contributed by atoms with van der Waals surface area (Å²) in [6.07, 6.45) is 2.86. The number of hydrogen-bond donors (Lipinski definition) is 1. The largest absolute Gasteiger partial charge is 0.493 e. The van der Waals surface area contributed by atoms with Crippen LogP contribution in [0.1, 0.15) is 39.8 Å². The van der Waals surface area contributed by atoms with Crippen molar-refractivity contribution in [1.82, 2.24) is 20.0 Å². The van der Waals surface area contributed by atoms with Crippen molar-refractivity contribution < 1.29 is 19.0 Å². The second kappa shape index (κ2) is 10.5. The number of benzene rings is 2. The number of carbonyl (C=O) groups is 1. The lowest BCUT2D eigenvalue weighted by atomic mass is 10.0. The molecule has 0 radical (unpaired) electrons. The minimum Gasteiger partial charge on any atom is -0.493 e. The van der Waals surface area contributed by atoms with Crippen molar-refractivity contribution in [2.45, 2.75) is 25.3 Å². The van der Waals surface area contributed by atoms with Gasteiger partial charge in [0.1, 0.15) is 0 Å². The average molecular weight is 477 g/mol. The van der Waals surface area contributed by atoms with Gasteiger partial charge in [-0.2, -0.15) is 5.10 Å². The first kappa shape index (κ1) is 23.4. The van der Waals surface area contributed by atoms with Crippen molar-refractivity contribution in [3.8, 4) is 17.2 Å². The number of fused-ring (bicyclic) bond motifs is 1. The summed E-state index contributed by atoms with van der Waals surface area (Å²) in [7, 11) is 3.26. The van der Waals surface area contributed by atoms with Gasteiger partial charge in [-0.25, -0.2) is 4.68 Å². The van der Waals surface area contributed by atoms with Gasteiger partial charge >= 0.3 is 0 Å². The van der Waals surface area contributed by atoms with Crippen LogP contribution in [-0.4, -0.2) is 67.7 Å². The normalized spacial score (nSPS) is 16.5. The number of ether oxygens (including phenoxy) is 3. The zero-order chi connectivity index (χ0) is 24.2. The molecule has 1 saturated heterocycles. The van der Waals surface area contributed by atoms with E-state index in [1.54, 1.807) is 14.2 Å². The van der Waals surface area contributed by atoms with Gasteiger partial charge < -0.3 is 19.5 Å². The fraction of sp³-hybridized carbons (Fsp3) is 0.407. The molecule has 2 heterocycles. The summed E-state index contributed by atoms with van der Waals surface area (Å²) in [6, 6.07) is 16.0. The number of nitrogens with one attached hydrogen (secondary N) is 1. The Labute approximate surface area is 205 Å². The Morgan fingerprint density at radius 3 is 2.57 bits per heavy atom. The molecular formula is C27H32N4O4. The van der Waals surface area contributed by atoms with E-state index in [4.69, 9.17) is 19.3 Å². The number of carbonyl (C=O) groups excluding carboxylic acids is 1. The Balaban J connectivity index is 1.39. The molecule has 2 aromatic carbocycles. The second-order valence-electron chi connectivity index (χ2n) is 8.86. The van der Waals surface area contributed by atoms with Crippen molar-refractivity contribution in [3.63, 3.8) is 0 Å². The third-order valence-electron chi connectivity index (χ3n) is 6.88. The zero-order valence-electron chi connectivity index (χ0n) is 20.3. The van der Waals surface area contributed by atoms with Crippen LogP contribution in [0.2, 0.25) is 0 Å². The van der Waals surface area contributed by atoms with Crippen LogP contribution in [0.5, 0.6) is 11.5 Å². The molecule has 1 aliphatic heterocycles. The monoisotopic (exact) mass is 476 g/mol. The topological polar surface area (TPSA) is 77.9 Å². The first-order chi connectivity index (χ1) is 17.2. The Morgan fingerprint density at radius 2 is 1.83 bits per heavy atom. The highest BCUT2D eigenvalue weighted by Gasteiger charge is 2.29. The maximum atomic E-state index is 13.4. The molecule has 35 heavy (non-hydrogen) atoms. The van der Waals surface area contributed by atoms with Crippen molar-refractivity contribution in [2.24, 2.45) is 0 Å². The lowest BCUT2D eigenvalue weighted by Gasteiger charge is -2.35. The van der Waals surface area contributed by atoms with Crippen molar-refractivity contribution in [1.29, 1.82) is 0 Å². The quantitative estimate of drug-likeness (QED) is 0.538. The Hall–Kier alpha value is -3.36. The summed E-state index contributed by atoms with van der Waals surface area (Å²) in [4.78, 5) is 15.8. The molecule has 184 valence electrons. The molecule has 8 heteroatoms. The van der Waals surface area contributed by atoms with Crippen LogP contribution in [0.4, 0.5) is 0 Å². The smallest absolute Gasteiger partial charge is 0.272 e. The van der Waals surface area contributed by atoms with Gasteiger partial charge in [-0.3, -0.25) is 9.69 Å². The van der Waals surface area contributed by atoms with Gasteiger partial charge in [0.05, 0.1) is 39.2 Å². The Bertz CT molecular complexity index is 1170. The van der Waals surface area contributed by atoms with E-state index in [9.17, 15) is 4.79 Å². The molecular weight excluding hydrogens is 444 g/mol. The van der Waals surface area contributed by atoms with Gasteiger partial charge in [0, 0.05) is 30.9 Å². The molecule has 0 bridgehead atoms. The van der Waals surface area contributed by atoms with Crippen molar-refractivity contribution >= 4 is 5.91 Å². The number of rotatable bonds is 8. The van der Waals surface area contributed by atoms with Gasteiger partial charge in [-0.1, -0.05) is 24.3 Å². The molecule has 5 rings (SSSR count). The number of morpholine rings is 1. The first-order valence-corrected chi connectivity index (χ1v) is 12.2. The highest BCUT2D eigenvalue weighted by Crippen LogP contribution is 2.32. The number of para-hydroxylation sites is 1. The van der Waals surface area contributed by atoms with Crippen LogP contribution in [0.15, 0.2) is 48.5 Å². The minimum atomic E-state index is -0.128. The van der Waals surface area contributed by atoms with Crippen LogP contribution in [0.25, 0.3) is 5.69 Å². The van der Waals surface area contributed by atoms with Gasteiger partial charge in [-0.05, 0) is 49.1 Å². The lowest BCUT2D eigenvalue weighted by molar-refractivity contribution is 0.0161. The summed E-state index contributed by atoms with van der Waals surface area (Å²) >= 11 is 0. The van der Waals surface area contributed by atoms with E-state index in [0.717, 1.165) is 54.9 Å². The van der Waals surface area contributed by atoms with Crippen LogP contribution in [-0.2, 0) is 17.6 Å². The van der Waals surface area contributed by atoms with Gasteiger partial charge in [0.2, 0.25) is 0 Å². The number of methoxy groups -OCH3 is 2. The van der Waals surface area contributed by atoms with E-state index >= 15 is 0 Å². The van der Waals surface area contributed by atoms with Gasteiger partial charge in [-0.15, -0.1) is 0 Å². The zero-order valence-corrected chi connectivity index (χ0v) is 20.3. The predicted molar refractivity (Wildman–Crippen MR) is 133 cm³/mol. The summed E-state index contributed by atoms with van der Waals surface area (Å²) in [6.45, 7) is 3.40. The molecule has 8 nitrogen and oxygen atoms in total. The predicted octanol–water partition coefficient (Wildman–Crippen LogP) is 3.18. The molecule has 1 atom stereocenters. The summed E-state index contributed by atoms with van der Waals surface area (Å²) in [5.74, 6) is 1.23. The summed E-state index contributed by atoms with van der Waals surface area (Å²) < 4.78 is 18.5. The van der Waals surface area contributed by atoms with Crippen molar-refractivity contribution in [3.05, 3.63) is 71.0 Å². The number of nitrogens with zero attached hydrogens (tertiary/aromatic N) is 3. The standard InChI is InChI=1S/C27H32N4O4/c1-33-24-12-11-19(17-25(24)34-2)23(30-13-15-35-16-14-30)18-28-27(32)26-21-9-6-10-22(21)31(29-26)20-7-4-3-5-8-20/h3-5,7-8,11-12,17,23H,6,9-10,13-16,18H2,1-2H3,(H,28,32). The summed E-state index contributed by atoms with van der Waals surface area (Å²) in [5.41, 5.74) is 4.80. The third kappa shape index (κ3) is 4.76. The second-order valence-corrected chi connectivity index (χ2v) is 8.86. The third-order valence-corrected chi connectivity index (χ3v) is 6.88. The number of hydrogen-bond acceptors (Lipinski definition) is 6. The van der Waals surface area contributed by atoms with Crippen LogP contribution in [0, 0.1) is 0 Å². The maximum absolute atomic E-state index is 13.4.